The summed E-state index contributed by atoms with van der Waals surface area (Å²) in [6, 6.07) is 12.1. The summed E-state index contributed by atoms with van der Waals surface area (Å²) < 4.78 is 5.32. The molecule has 0 unspecified atom stereocenters. The average Bonchev–Trinajstić information content (AvgIpc) is 2.92. The summed E-state index contributed by atoms with van der Waals surface area (Å²) in [6.07, 6.45) is 0. The van der Waals surface area contributed by atoms with Crippen LogP contribution in [-0.4, -0.2) is 79.2 Å². The van der Waals surface area contributed by atoms with Crippen molar-refractivity contribution in [2.45, 2.75) is 20.8 Å². The molecule has 2 N–H and O–H groups in total. The maximum Gasteiger partial charge on any atom is 0.293 e. The molecule has 0 bridgehead atoms. The van der Waals surface area contributed by atoms with Gasteiger partial charge >= 0.3 is 0 Å². The number of hydrogen-bond acceptors (Lipinski definition) is 8. The van der Waals surface area contributed by atoms with Gasteiger partial charge in [0.25, 0.3) is 11.6 Å². The van der Waals surface area contributed by atoms with E-state index in [-0.39, 0.29) is 27.7 Å². The molecule has 11 nitrogen and oxygen atoms in total. The number of nitro benzene ring substituents is 1. The number of hydrogen-bond donors (Lipinski definition) is 2. The Balaban J connectivity index is 1.32. The molecule has 2 aromatic carbocycles. The van der Waals surface area contributed by atoms with Gasteiger partial charge in [-0.25, -0.2) is 0 Å². The number of nitro groups is 1. The summed E-state index contributed by atoms with van der Waals surface area (Å²) in [5.41, 5.74) is 1.81. The lowest BCUT2D eigenvalue weighted by Crippen LogP contribution is -2.51. The monoisotopic (exact) mass is 554 g/mol. The van der Waals surface area contributed by atoms with E-state index in [9.17, 15) is 19.7 Å². The zero-order valence-corrected chi connectivity index (χ0v) is 23.3. The molecule has 2 aromatic rings. The highest BCUT2D eigenvalue weighted by atomic mass is 32.1. The van der Waals surface area contributed by atoms with E-state index in [0.717, 1.165) is 18.8 Å². The Bertz CT molecular complexity index is 1230. The van der Waals surface area contributed by atoms with Gasteiger partial charge in [0, 0.05) is 67.7 Å². The van der Waals surface area contributed by atoms with Crippen molar-refractivity contribution in [3.8, 4) is 0 Å². The van der Waals surface area contributed by atoms with E-state index in [1.807, 2.05) is 54.8 Å². The lowest BCUT2D eigenvalue weighted by atomic mass is 9.94. The number of morpholine rings is 1. The van der Waals surface area contributed by atoms with Crippen LogP contribution < -0.4 is 20.4 Å². The average molecular weight is 555 g/mol. The Kier molecular flexibility index (Phi) is 8.66. The minimum atomic E-state index is -0.538. The predicted molar refractivity (Wildman–Crippen MR) is 155 cm³/mol. The summed E-state index contributed by atoms with van der Waals surface area (Å²) in [5.74, 6) is -0.372. The number of carbonyl (C=O) groups excluding carboxylic acids is 2. The van der Waals surface area contributed by atoms with Gasteiger partial charge in [-0.2, -0.15) is 0 Å². The van der Waals surface area contributed by atoms with E-state index in [2.05, 4.69) is 15.5 Å². The molecule has 0 aliphatic carbocycles. The molecule has 2 amide bonds. The second-order valence-electron chi connectivity index (χ2n) is 10.5. The van der Waals surface area contributed by atoms with Gasteiger partial charge in [-0.3, -0.25) is 25.0 Å². The van der Waals surface area contributed by atoms with Crippen molar-refractivity contribution in [2.24, 2.45) is 5.41 Å². The van der Waals surface area contributed by atoms with Crippen molar-refractivity contribution in [1.29, 1.82) is 0 Å². The van der Waals surface area contributed by atoms with Crippen LogP contribution in [0.3, 0.4) is 0 Å². The molecule has 2 aliphatic rings. The van der Waals surface area contributed by atoms with Crippen LogP contribution in [0.15, 0.2) is 42.5 Å². The fourth-order valence-corrected chi connectivity index (χ4v) is 4.83. The van der Waals surface area contributed by atoms with Gasteiger partial charge in [0.2, 0.25) is 5.91 Å². The quantitative estimate of drug-likeness (QED) is 0.326. The number of ether oxygens (including phenoxy) is 1. The normalized spacial score (nSPS) is 16.0. The number of piperazine rings is 1. The van der Waals surface area contributed by atoms with Gasteiger partial charge in [0.15, 0.2) is 5.11 Å². The van der Waals surface area contributed by atoms with E-state index in [1.54, 1.807) is 12.1 Å². The molecule has 2 heterocycles. The van der Waals surface area contributed by atoms with Crippen molar-refractivity contribution in [3.05, 3.63) is 58.1 Å². The maximum absolute atomic E-state index is 12.8. The van der Waals surface area contributed by atoms with Crippen molar-refractivity contribution in [3.63, 3.8) is 0 Å². The van der Waals surface area contributed by atoms with E-state index >= 15 is 0 Å². The van der Waals surface area contributed by atoms with E-state index in [0.29, 0.717) is 50.8 Å². The minimum absolute atomic E-state index is 0.0852. The first kappa shape index (κ1) is 28.2. The third kappa shape index (κ3) is 7.01. The van der Waals surface area contributed by atoms with Gasteiger partial charge in [-0.05, 0) is 48.6 Å². The number of nitrogens with zero attached hydrogens (tertiary/aromatic N) is 4. The largest absolute Gasteiger partial charge is 0.378 e. The van der Waals surface area contributed by atoms with Crippen LogP contribution in [-0.2, 0) is 9.53 Å². The number of rotatable bonds is 5. The Morgan fingerprint density at radius 3 is 2.18 bits per heavy atom. The Labute approximate surface area is 233 Å². The van der Waals surface area contributed by atoms with Crippen LogP contribution in [0.5, 0.6) is 0 Å². The number of carbonyl (C=O) groups is 2. The lowest BCUT2D eigenvalue weighted by Gasteiger charge is -2.38. The van der Waals surface area contributed by atoms with Gasteiger partial charge < -0.3 is 24.8 Å². The molecule has 2 saturated heterocycles. The molecular formula is C27H34N6O5S. The topological polar surface area (TPSA) is 120 Å². The Hall–Kier alpha value is -3.77. The van der Waals surface area contributed by atoms with Crippen molar-refractivity contribution < 1.29 is 19.2 Å². The molecule has 0 saturated carbocycles. The van der Waals surface area contributed by atoms with E-state index < -0.39 is 10.8 Å². The van der Waals surface area contributed by atoms with Crippen LogP contribution in [0.1, 0.15) is 31.1 Å². The Morgan fingerprint density at radius 1 is 0.949 bits per heavy atom. The molecule has 0 atom stereocenters. The van der Waals surface area contributed by atoms with E-state index in [4.69, 9.17) is 17.0 Å². The van der Waals surface area contributed by atoms with Crippen LogP contribution in [0, 0.1) is 15.5 Å². The fraction of sp³-hybridized carbons (Fsp3) is 0.444. The van der Waals surface area contributed by atoms with Crippen LogP contribution in [0.4, 0.5) is 22.7 Å². The predicted octanol–water partition coefficient (Wildman–Crippen LogP) is 3.25. The van der Waals surface area contributed by atoms with Crippen molar-refractivity contribution >= 4 is 51.9 Å². The molecule has 0 aromatic heterocycles. The third-order valence-electron chi connectivity index (χ3n) is 6.71. The lowest BCUT2D eigenvalue weighted by molar-refractivity contribution is -0.384. The van der Waals surface area contributed by atoms with Gasteiger partial charge in [0.1, 0.15) is 5.69 Å². The maximum atomic E-state index is 12.8. The number of thiocarbonyl (C=S) groups is 1. The molecule has 0 radical (unpaired) electrons. The second-order valence-corrected chi connectivity index (χ2v) is 11.0. The van der Waals surface area contributed by atoms with Gasteiger partial charge in [-0.15, -0.1) is 0 Å². The fourth-order valence-electron chi connectivity index (χ4n) is 4.62. The highest BCUT2D eigenvalue weighted by Crippen LogP contribution is 2.30. The molecule has 4 rings (SSSR count). The Morgan fingerprint density at radius 2 is 1.59 bits per heavy atom. The molecule has 0 spiro atoms. The van der Waals surface area contributed by atoms with Crippen LogP contribution in [0.25, 0.3) is 0 Å². The highest BCUT2D eigenvalue weighted by molar-refractivity contribution is 7.80. The second kappa shape index (κ2) is 12.0. The molecule has 2 fully saturated rings. The molecule has 208 valence electrons. The number of nitrogens with one attached hydrogen (secondary N) is 2. The van der Waals surface area contributed by atoms with Gasteiger partial charge in [0.05, 0.1) is 18.1 Å². The highest BCUT2D eigenvalue weighted by Gasteiger charge is 2.30. The summed E-state index contributed by atoms with van der Waals surface area (Å²) in [7, 11) is 0. The van der Waals surface area contributed by atoms with E-state index in [1.165, 1.54) is 6.07 Å². The first-order chi connectivity index (χ1) is 18.5. The number of amides is 2. The third-order valence-corrected chi connectivity index (χ3v) is 6.92. The molecule has 2 aliphatic heterocycles. The summed E-state index contributed by atoms with van der Waals surface area (Å²) in [5, 5.41) is 17.3. The zero-order chi connectivity index (χ0) is 28.2. The first-order valence-corrected chi connectivity index (χ1v) is 13.3. The van der Waals surface area contributed by atoms with Crippen LogP contribution in [0.2, 0.25) is 0 Å². The molecule has 39 heavy (non-hydrogen) atoms. The summed E-state index contributed by atoms with van der Waals surface area (Å²) in [4.78, 5) is 42.5. The SMILES string of the molecule is CC(C)(C)C(=O)N1CCN(c2ccc(NC(=S)NC(=O)c3ccc(N4CCOCC4)c([N+](=O)[O-])c3)cc2)CC1. The summed E-state index contributed by atoms with van der Waals surface area (Å²) in [6.45, 7) is 10.8. The minimum Gasteiger partial charge on any atom is -0.378 e. The molecule has 12 heteroatoms. The summed E-state index contributed by atoms with van der Waals surface area (Å²) >= 11 is 5.30. The standard InChI is InChI=1S/C27H34N6O5S/c1-27(2,3)25(35)32-12-10-30(11-13-32)21-7-5-20(6-8-21)28-26(39)29-24(34)19-4-9-22(23(18-19)33(36)37)31-14-16-38-17-15-31/h4-9,18H,10-17H2,1-3H3,(H2,28,29,34,39). The zero-order valence-electron chi connectivity index (χ0n) is 22.4. The van der Waals surface area contributed by atoms with Gasteiger partial charge in [-0.1, -0.05) is 20.8 Å². The van der Waals surface area contributed by atoms with Crippen LogP contribution >= 0.6 is 12.2 Å². The first-order valence-electron chi connectivity index (χ1n) is 12.9. The van der Waals surface area contributed by atoms with Crippen molar-refractivity contribution in [1.82, 2.24) is 10.2 Å². The smallest absolute Gasteiger partial charge is 0.293 e. The molecular weight excluding hydrogens is 520 g/mol. The number of benzene rings is 2. The van der Waals surface area contributed by atoms with Crippen molar-refractivity contribution in [2.75, 3.05) is 67.6 Å². The number of anilines is 3.